The van der Waals surface area contributed by atoms with Crippen LogP contribution in [0.1, 0.15) is 42.5 Å². The van der Waals surface area contributed by atoms with Gasteiger partial charge in [-0.3, -0.25) is 4.90 Å². The third kappa shape index (κ3) is 4.47. The highest BCUT2D eigenvalue weighted by molar-refractivity contribution is 7.80. The molecule has 0 amide bonds. The van der Waals surface area contributed by atoms with E-state index in [0.717, 1.165) is 28.9 Å². The minimum absolute atomic E-state index is 0.268. The minimum Gasteiger partial charge on any atom is -0.351 e. The quantitative estimate of drug-likeness (QED) is 0.322. The predicted molar refractivity (Wildman–Crippen MR) is 140 cm³/mol. The minimum atomic E-state index is -0.315. The molecule has 0 radical (unpaired) electrons. The van der Waals surface area contributed by atoms with Crippen molar-refractivity contribution in [2.75, 3.05) is 4.90 Å². The summed E-state index contributed by atoms with van der Waals surface area (Å²) in [5.41, 5.74) is 6.83. The molecule has 1 aliphatic heterocycles. The molecular formula is C28H25FN4OS. The molecule has 0 fully saturated rings. The summed E-state index contributed by atoms with van der Waals surface area (Å²) in [6.45, 7) is 6.20. The predicted octanol–water partition coefficient (Wildman–Crippen LogP) is 6.61. The topological polar surface area (TPSA) is 54.2 Å². The number of hydrogen-bond donors (Lipinski definition) is 1. The number of thiocarbonyl (C=S) groups is 1. The van der Waals surface area contributed by atoms with Gasteiger partial charge in [0, 0.05) is 16.9 Å². The van der Waals surface area contributed by atoms with Crippen molar-refractivity contribution in [3.05, 3.63) is 107 Å². The van der Waals surface area contributed by atoms with E-state index in [0.29, 0.717) is 22.4 Å². The first-order chi connectivity index (χ1) is 16.9. The van der Waals surface area contributed by atoms with Crippen LogP contribution in [0.25, 0.3) is 17.0 Å². The molecule has 1 aromatic heterocycles. The maximum Gasteiger partial charge on any atom is 0.258 e. The second kappa shape index (κ2) is 9.43. The lowest BCUT2D eigenvalue weighted by atomic mass is 9.94. The fraction of sp³-hybridized carbons (Fsp3) is 0.179. The average molecular weight is 485 g/mol. The first-order valence-electron chi connectivity index (χ1n) is 11.5. The molecule has 0 spiro atoms. The molecule has 35 heavy (non-hydrogen) atoms. The monoisotopic (exact) mass is 484 g/mol. The SMILES string of the molecule is CCc1ccc(N2C(=S)NC(c3ccc(C)cc3)C(c3nc(-c4ccc(F)cc4)no3)=C2C)cc1. The molecular weight excluding hydrogens is 459 g/mol. The smallest absolute Gasteiger partial charge is 0.258 e. The Kier molecular flexibility index (Phi) is 6.17. The summed E-state index contributed by atoms with van der Waals surface area (Å²) in [7, 11) is 0. The lowest BCUT2D eigenvalue weighted by molar-refractivity contribution is 0.404. The zero-order valence-corrected chi connectivity index (χ0v) is 20.6. The molecule has 0 saturated carbocycles. The van der Waals surface area contributed by atoms with Gasteiger partial charge in [-0.1, -0.05) is 54.0 Å². The van der Waals surface area contributed by atoms with E-state index in [2.05, 4.69) is 72.9 Å². The molecule has 0 aliphatic carbocycles. The van der Waals surface area contributed by atoms with Gasteiger partial charge >= 0.3 is 0 Å². The lowest BCUT2D eigenvalue weighted by Gasteiger charge is -2.37. The van der Waals surface area contributed by atoms with Crippen LogP contribution in [0.15, 0.2) is 83.0 Å². The van der Waals surface area contributed by atoms with Crippen molar-refractivity contribution < 1.29 is 8.91 Å². The highest BCUT2D eigenvalue weighted by Crippen LogP contribution is 2.39. The number of hydrogen-bond acceptors (Lipinski definition) is 4. The van der Waals surface area contributed by atoms with Gasteiger partial charge < -0.3 is 9.84 Å². The van der Waals surface area contributed by atoms with Crippen molar-refractivity contribution in [2.45, 2.75) is 33.2 Å². The van der Waals surface area contributed by atoms with Gasteiger partial charge in [0.1, 0.15) is 5.82 Å². The molecule has 0 bridgehead atoms. The van der Waals surface area contributed by atoms with Gasteiger partial charge in [-0.05, 0) is 80.0 Å². The van der Waals surface area contributed by atoms with E-state index in [9.17, 15) is 4.39 Å². The Morgan fingerprint density at radius 2 is 1.66 bits per heavy atom. The van der Waals surface area contributed by atoms with Gasteiger partial charge in [-0.25, -0.2) is 4.39 Å². The van der Waals surface area contributed by atoms with Crippen molar-refractivity contribution >= 4 is 28.6 Å². The van der Waals surface area contributed by atoms with E-state index in [1.165, 1.54) is 23.3 Å². The second-order valence-electron chi connectivity index (χ2n) is 8.58. The van der Waals surface area contributed by atoms with Gasteiger partial charge in [0.15, 0.2) is 5.11 Å². The van der Waals surface area contributed by atoms with Crippen LogP contribution in [0.5, 0.6) is 0 Å². The maximum atomic E-state index is 13.4. The normalized spacial score (nSPS) is 15.9. The van der Waals surface area contributed by atoms with E-state index >= 15 is 0 Å². The van der Waals surface area contributed by atoms with Crippen LogP contribution in [0.2, 0.25) is 0 Å². The molecule has 1 atom stereocenters. The summed E-state index contributed by atoms with van der Waals surface area (Å²) < 4.78 is 19.2. The molecule has 2 heterocycles. The Bertz CT molecular complexity index is 1390. The third-order valence-corrected chi connectivity index (χ3v) is 6.56. The van der Waals surface area contributed by atoms with Crippen molar-refractivity contribution in [1.82, 2.24) is 15.5 Å². The van der Waals surface area contributed by atoms with E-state index < -0.39 is 0 Å². The lowest BCUT2D eigenvalue weighted by Crippen LogP contribution is -2.46. The number of aromatic nitrogens is 2. The van der Waals surface area contributed by atoms with Crippen LogP contribution in [0.4, 0.5) is 10.1 Å². The van der Waals surface area contributed by atoms with Crippen molar-refractivity contribution in [3.8, 4) is 11.4 Å². The highest BCUT2D eigenvalue weighted by Gasteiger charge is 2.34. The van der Waals surface area contributed by atoms with Crippen molar-refractivity contribution in [3.63, 3.8) is 0 Å². The largest absolute Gasteiger partial charge is 0.351 e. The van der Waals surface area contributed by atoms with Crippen LogP contribution >= 0.6 is 12.2 Å². The summed E-state index contributed by atoms with van der Waals surface area (Å²) in [5.74, 6) is 0.470. The standard InChI is InChI=1S/C28H25FN4OS/c1-4-19-7-15-23(16-8-19)33-18(3)24(25(30-28(33)35)20-9-5-17(2)6-10-20)27-31-26(32-34-27)21-11-13-22(29)14-12-21/h5-16,25H,4H2,1-3H3,(H,30,35). The number of rotatable bonds is 5. The first-order valence-corrected chi connectivity index (χ1v) is 11.9. The first kappa shape index (κ1) is 22.9. The summed E-state index contributed by atoms with van der Waals surface area (Å²) in [5, 5.41) is 8.27. The van der Waals surface area contributed by atoms with Gasteiger partial charge in [0.2, 0.25) is 5.82 Å². The molecule has 4 aromatic rings. The third-order valence-electron chi connectivity index (χ3n) is 6.26. The Morgan fingerprint density at radius 3 is 2.31 bits per heavy atom. The zero-order valence-electron chi connectivity index (χ0n) is 19.7. The summed E-state index contributed by atoms with van der Waals surface area (Å²) >= 11 is 5.83. The van der Waals surface area contributed by atoms with Gasteiger partial charge in [0.05, 0.1) is 11.6 Å². The second-order valence-corrected chi connectivity index (χ2v) is 8.96. The number of benzene rings is 3. The molecule has 3 aromatic carbocycles. The fourth-order valence-electron chi connectivity index (χ4n) is 4.27. The number of nitrogens with zero attached hydrogens (tertiary/aromatic N) is 3. The molecule has 5 rings (SSSR count). The van der Waals surface area contributed by atoms with E-state index in [1.807, 2.05) is 11.8 Å². The molecule has 7 heteroatoms. The van der Waals surface area contributed by atoms with E-state index in [-0.39, 0.29) is 11.9 Å². The van der Waals surface area contributed by atoms with E-state index in [1.54, 1.807) is 12.1 Å². The molecule has 1 unspecified atom stereocenters. The van der Waals surface area contributed by atoms with Crippen LogP contribution in [0, 0.1) is 12.7 Å². The zero-order chi connectivity index (χ0) is 24.5. The summed E-state index contributed by atoms with van der Waals surface area (Å²) in [6.07, 6.45) is 0.965. The summed E-state index contributed by atoms with van der Waals surface area (Å²) in [4.78, 5) is 6.69. The average Bonchev–Trinajstić information content (AvgIpc) is 3.35. The number of aryl methyl sites for hydroxylation is 2. The Balaban J connectivity index is 1.63. The van der Waals surface area contributed by atoms with Crippen LogP contribution in [-0.4, -0.2) is 15.3 Å². The van der Waals surface area contributed by atoms with Crippen molar-refractivity contribution in [2.24, 2.45) is 0 Å². The molecule has 0 saturated heterocycles. The summed E-state index contributed by atoms with van der Waals surface area (Å²) in [6, 6.07) is 22.4. The van der Waals surface area contributed by atoms with E-state index in [4.69, 9.17) is 21.7 Å². The molecule has 176 valence electrons. The van der Waals surface area contributed by atoms with Crippen LogP contribution in [0.3, 0.4) is 0 Å². The van der Waals surface area contributed by atoms with Crippen LogP contribution in [-0.2, 0) is 6.42 Å². The van der Waals surface area contributed by atoms with Gasteiger partial charge in [0.25, 0.3) is 5.89 Å². The van der Waals surface area contributed by atoms with Crippen LogP contribution < -0.4 is 10.2 Å². The Labute approximate surface area is 209 Å². The molecule has 1 aliphatic rings. The number of anilines is 1. The molecule has 1 N–H and O–H groups in total. The maximum absolute atomic E-state index is 13.4. The Hall–Kier alpha value is -3.84. The fourth-order valence-corrected chi connectivity index (χ4v) is 4.63. The van der Waals surface area contributed by atoms with Gasteiger partial charge in [-0.15, -0.1) is 0 Å². The number of halogens is 1. The van der Waals surface area contributed by atoms with Crippen molar-refractivity contribution in [1.29, 1.82) is 0 Å². The van der Waals surface area contributed by atoms with Gasteiger partial charge in [-0.2, -0.15) is 4.98 Å². The Morgan fingerprint density at radius 1 is 0.971 bits per heavy atom. The number of nitrogens with one attached hydrogen (secondary N) is 1. The molecule has 5 nitrogen and oxygen atoms in total. The highest BCUT2D eigenvalue weighted by atomic mass is 32.1. The number of allylic oxidation sites excluding steroid dienone is 1.